The Labute approximate surface area is 129 Å². The normalized spacial score (nSPS) is 14.5. The van der Waals surface area contributed by atoms with Gasteiger partial charge in [-0.05, 0) is 66.6 Å². The van der Waals surface area contributed by atoms with Crippen molar-refractivity contribution < 1.29 is 4.79 Å². The molecule has 1 aliphatic rings. The number of rotatable bonds is 3. The topological polar surface area (TPSA) is 82.0 Å². The monoisotopic (exact) mass is 293 g/mol. The summed E-state index contributed by atoms with van der Waals surface area (Å²) in [7, 11) is 0. The molecule has 1 aromatic heterocycles. The highest BCUT2D eigenvalue weighted by molar-refractivity contribution is 5.99. The molecule has 0 saturated heterocycles. The summed E-state index contributed by atoms with van der Waals surface area (Å²) in [6.07, 6.45) is 8.36. The summed E-state index contributed by atoms with van der Waals surface area (Å²) in [6.45, 7) is 0. The van der Waals surface area contributed by atoms with E-state index >= 15 is 0 Å². The number of primary amides is 1. The van der Waals surface area contributed by atoms with Gasteiger partial charge in [-0.1, -0.05) is 12.1 Å². The fraction of sp³-hybridized carbons (Fsp3) is 0.222. The van der Waals surface area contributed by atoms with Crippen LogP contribution in [-0.2, 0) is 0 Å². The third-order valence-electron chi connectivity index (χ3n) is 4.04. The lowest BCUT2D eigenvalue weighted by Crippen LogP contribution is -2.14. The van der Waals surface area contributed by atoms with Crippen molar-refractivity contribution in [2.75, 3.05) is 5.73 Å². The smallest absolute Gasteiger partial charge is 0.249 e. The molecule has 0 spiro atoms. The third-order valence-corrected chi connectivity index (χ3v) is 4.04. The summed E-state index contributed by atoms with van der Waals surface area (Å²) < 4.78 is 0. The van der Waals surface area contributed by atoms with Crippen LogP contribution in [-0.4, -0.2) is 10.9 Å². The first-order chi connectivity index (χ1) is 10.6. The Hall–Kier alpha value is -2.62. The second-order valence-electron chi connectivity index (χ2n) is 5.57. The zero-order valence-corrected chi connectivity index (χ0v) is 12.4. The molecule has 1 amide bonds. The lowest BCUT2D eigenvalue weighted by Gasteiger charge is -2.16. The molecule has 2 aromatic rings. The van der Waals surface area contributed by atoms with Crippen molar-refractivity contribution in [1.29, 1.82) is 0 Å². The van der Waals surface area contributed by atoms with Crippen LogP contribution in [0.1, 0.15) is 41.6 Å². The maximum atomic E-state index is 11.7. The van der Waals surface area contributed by atoms with Crippen molar-refractivity contribution in [1.82, 2.24) is 4.98 Å². The van der Waals surface area contributed by atoms with Gasteiger partial charge in [-0.2, -0.15) is 0 Å². The predicted molar refractivity (Wildman–Crippen MR) is 89.0 cm³/mol. The molecule has 0 radical (unpaired) electrons. The van der Waals surface area contributed by atoms with Gasteiger partial charge >= 0.3 is 0 Å². The fourth-order valence-electron chi connectivity index (χ4n) is 2.86. The Morgan fingerprint density at radius 2 is 1.91 bits per heavy atom. The number of nitrogens with two attached hydrogens (primary N) is 2. The summed E-state index contributed by atoms with van der Waals surface area (Å²) in [5.41, 5.74) is 15.9. The van der Waals surface area contributed by atoms with E-state index in [2.05, 4.69) is 11.1 Å². The van der Waals surface area contributed by atoms with Gasteiger partial charge in [-0.15, -0.1) is 0 Å². The van der Waals surface area contributed by atoms with Crippen LogP contribution in [0.4, 0.5) is 5.82 Å². The quantitative estimate of drug-likeness (QED) is 0.910. The number of nitrogens with zero attached hydrogens (tertiary/aromatic N) is 1. The van der Waals surface area contributed by atoms with Crippen LogP contribution in [0.25, 0.3) is 16.7 Å². The van der Waals surface area contributed by atoms with Gasteiger partial charge < -0.3 is 11.5 Å². The zero-order chi connectivity index (χ0) is 15.5. The summed E-state index contributed by atoms with van der Waals surface area (Å²) >= 11 is 0. The van der Waals surface area contributed by atoms with Crippen LogP contribution in [0.2, 0.25) is 0 Å². The van der Waals surface area contributed by atoms with E-state index in [1.165, 1.54) is 12.0 Å². The van der Waals surface area contributed by atoms with Gasteiger partial charge in [-0.25, -0.2) is 4.98 Å². The highest BCUT2D eigenvalue weighted by Crippen LogP contribution is 2.32. The lowest BCUT2D eigenvalue weighted by molar-refractivity contribution is 0.1000. The van der Waals surface area contributed by atoms with Crippen molar-refractivity contribution in [2.24, 2.45) is 5.73 Å². The molecule has 0 atom stereocenters. The standard InChI is InChI=1S/C18H19N3O/c19-17-9-7-14(11-21-17)13-6-8-15(18(20)22)16(10-13)12-4-2-1-3-5-12/h4,6-11H,1-3,5H2,(H2,19,21)(H2,20,22). The van der Waals surface area contributed by atoms with Gasteiger partial charge in [0.05, 0.1) is 0 Å². The van der Waals surface area contributed by atoms with Crippen molar-refractivity contribution in [3.63, 3.8) is 0 Å². The largest absolute Gasteiger partial charge is 0.384 e. The Kier molecular flexibility index (Phi) is 3.92. The van der Waals surface area contributed by atoms with E-state index in [0.29, 0.717) is 11.4 Å². The highest BCUT2D eigenvalue weighted by atomic mass is 16.1. The van der Waals surface area contributed by atoms with Gasteiger partial charge in [0.2, 0.25) is 5.91 Å². The van der Waals surface area contributed by atoms with E-state index < -0.39 is 0 Å². The number of anilines is 1. The van der Waals surface area contributed by atoms with E-state index in [4.69, 9.17) is 11.5 Å². The molecule has 0 fully saturated rings. The van der Waals surface area contributed by atoms with Gasteiger partial charge in [-0.3, -0.25) is 4.79 Å². The molecule has 1 heterocycles. The molecular formula is C18H19N3O. The highest BCUT2D eigenvalue weighted by Gasteiger charge is 2.15. The summed E-state index contributed by atoms with van der Waals surface area (Å²) in [6, 6.07) is 9.45. The minimum atomic E-state index is -0.386. The SMILES string of the molecule is NC(=O)c1ccc(-c2ccc(N)nc2)cc1C1=CCCCC1. The maximum absolute atomic E-state index is 11.7. The zero-order valence-electron chi connectivity index (χ0n) is 12.4. The number of pyridine rings is 1. The van der Waals surface area contributed by atoms with E-state index in [9.17, 15) is 4.79 Å². The molecule has 3 rings (SSSR count). The Morgan fingerprint density at radius 1 is 1.09 bits per heavy atom. The number of benzene rings is 1. The summed E-state index contributed by atoms with van der Waals surface area (Å²) in [5, 5.41) is 0. The molecule has 4 heteroatoms. The average Bonchev–Trinajstić information content (AvgIpc) is 2.56. The molecule has 0 saturated carbocycles. The second-order valence-corrected chi connectivity index (χ2v) is 5.57. The lowest BCUT2D eigenvalue weighted by atomic mass is 9.88. The van der Waals surface area contributed by atoms with Crippen molar-refractivity contribution in [3.05, 3.63) is 53.7 Å². The van der Waals surface area contributed by atoms with Crippen molar-refractivity contribution in [2.45, 2.75) is 25.7 Å². The molecular weight excluding hydrogens is 274 g/mol. The summed E-state index contributed by atoms with van der Waals surface area (Å²) in [4.78, 5) is 15.8. The van der Waals surface area contributed by atoms with Crippen LogP contribution in [0.15, 0.2) is 42.6 Å². The number of allylic oxidation sites excluding steroid dienone is 2. The number of hydrogen-bond acceptors (Lipinski definition) is 3. The first-order valence-electron chi connectivity index (χ1n) is 7.50. The van der Waals surface area contributed by atoms with Crippen LogP contribution in [0.3, 0.4) is 0 Å². The van der Waals surface area contributed by atoms with Crippen LogP contribution < -0.4 is 11.5 Å². The molecule has 22 heavy (non-hydrogen) atoms. The third kappa shape index (κ3) is 2.86. The van der Waals surface area contributed by atoms with Gasteiger partial charge in [0.1, 0.15) is 5.82 Å². The van der Waals surface area contributed by atoms with Crippen LogP contribution >= 0.6 is 0 Å². The van der Waals surface area contributed by atoms with Crippen LogP contribution in [0, 0.1) is 0 Å². The van der Waals surface area contributed by atoms with Crippen molar-refractivity contribution >= 4 is 17.3 Å². The Balaban J connectivity index is 2.09. The number of carbonyl (C=O) groups excluding carboxylic acids is 1. The first kappa shape index (κ1) is 14.3. The summed E-state index contributed by atoms with van der Waals surface area (Å²) in [5.74, 6) is 0.108. The van der Waals surface area contributed by atoms with E-state index in [1.54, 1.807) is 18.3 Å². The number of aromatic nitrogens is 1. The molecule has 4 nitrogen and oxygen atoms in total. The fourth-order valence-corrected chi connectivity index (χ4v) is 2.86. The molecule has 4 N–H and O–H groups in total. The average molecular weight is 293 g/mol. The molecule has 0 aliphatic heterocycles. The Morgan fingerprint density at radius 3 is 2.55 bits per heavy atom. The number of nitrogen functional groups attached to an aromatic ring is 1. The van der Waals surface area contributed by atoms with Crippen LogP contribution in [0.5, 0.6) is 0 Å². The molecule has 112 valence electrons. The van der Waals surface area contributed by atoms with Gasteiger partial charge in [0, 0.05) is 17.3 Å². The minimum absolute atomic E-state index is 0.386. The molecule has 1 aromatic carbocycles. The molecule has 1 aliphatic carbocycles. The number of carbonyl (C=O) groups is 1. The molecule has 0 bridgehead atoms. The Bertz CT molecular complexity index is 732. The predicted octanol–water partition coefficient (Wildman–Crippen LogP) is 3.39. The second kappa shape index (κ2) is 6.02. The maximum Gasteiger partial charge on any atom is 0.249 e. The van der Waals surface area contributed by atoms with Gasteiger partial charge in [0.25, 0.3) is 0 Å². The first-order valence-corrected chi connectivity index (χ1v) is 7.50. The van der Waals surface area contributed by atoms with E-state index in [-0.39, 0.29) is 5.91 Å². The van der Waals surface area contributed by atoms with Gasteiger partial charge in [0.15, 0.2) is 0 Å². The number of hydrogen-bond donors (Lipinski definition) is 2. The van der Waals surface area contributed by atoms with E-state index in [0.717, 1.165) is 36.0 Å². The number of amides is 1. The minimum Gasteiger partial charge on any atom is -0.384 e. The van der Waals surface area contributed by atoms with E-state index in [1.807, 2.05) is 18.2 Å². The van der Waals surface area contributed by atoms with Crippen molar-refractivity contribution in [3.8, 4) is 11.1 Å². The molecule has 0 unspecified atom stereocenters.